The highest BCUT2D eigenvalue weighted by atomic mass is 35.5. The fourth-order valence-electron chi connectivity index (χ4n) is 2.11. The fourth-order valence-corrected chi connectivity index (χ4v) is 2.22. The van der Waals surface area contributed by atoms with Crippen LogP contribution in [-0.2, 0) is 13.1 Å². The molecule has 1 aromatic carbocycles. The van der Waals surface area contributed by atoms with Crippen LogP contribution in [0, 0.1) is 0 Å². The summed E-state index contributed by atoms with van der Waals surface area (Å²) in [5.74, 6) is 0.691. The third-order valence-corrected chi connectivity index (χ3v) is 3.53. The van der Waals surface area contributed by atoms with Crippen molar-refractivity contribution >= 4 is 17.6 Å². The summed E-state index contributed by atoms with van der Waals surface area (Å²) in [7, 11) is 0. The molecule has 0 spiro atoms. The molecule has 0 atom stereocenters. The van der Waals surface area contributed by atoms with Crippen LogP contribution in [0.2, 0.25) is 5.15 Å². The number of benzene rings is 1. The van der Waals surface area contributed by atoms with Gasteiger partial charge in [-0.15, -0.1) is 0 Å². The summed E-state index contributed by atoms with van der Waals surface area (Å²) >= 11 is 5.72. The molecule has 3 aromatic rings. The zero-order valence-electron chi connectivity index (χ0n) is 12.7. The lowest BCUT2D eigenvalue weighted by molar-refractivity contribution is 0.240. The minimum atomic E-state index is -0.255. The Morgan fingerprint density at radius 2 is 1.92 bits per heavy atom. The average Bonchev–Trinajstić information content (AvgIpc) is 3.14. The lowest BCUT2D eigenvalue weighted by atomic mass is 10.1. The second kappa shape index (κ2) is 7.56. The maximum absolute atomic E-state index is 11.9. The van der Waals surface area contributed by atoms with E-state index in [9.17, 15) is 4.79 Å². The molecule has 2 heterocycles. The minimum Gasteiger partial charge on any atom is -0.334 e. The van der Waals surface area contributed by atoms with E-state index in [2.05, 4.69) is 30.8 Å². The first-order valence-corrected chi connectivity index (χ1v) is 7.65. The topological polar surface area (TPSA) is 95.6 Å². The molecule has 0 unspecified atom stereocenters. The van der Waals surface area contributed by atoms with Crippen LogP contribution >= 0.6 is 11.6 Å². The monoisotopic (exact) mass is 342 g/mol. The second-order valence-corrected chi connectivity index (χ2v) is 5.45. The van der Waals surface area contributed by atoms with Crippen molar-refractivity contribution in [1.29, 1.82) is 0 Å². The quantitative estimate of drug-likeness (QED) is 0.621. The molecule has 0 aliphatic rings. The van der Waals surface area contributed by atoms with E-state index in [1.807, 2.05) is 30.3 Å². The van der Waals surface area contributed by atoms with Crippen molar-refractivity contribution in [2.75, 3.05) is 0 Å². The standard InChI is InChI=1S/C16H15ClN6O/c17-14-5-4-12(8-18-14)9-20-16(24)19-7-11-2-1-3-13(6-11)15-21-10-22-23-15/h1-6,8,10H,7,9H2,(H2,19,20,24)(H,21,22,23). The van der Waals surface area contributed by atoms with Crippen LogP contribution in [0.25, 0.3) is 11.4 Å². The van der Waals surface area contributed by atoms with E-state index in [0.717, 1.165) is 16.7 Å². The first-order chi connectivity index (χ1) is 11.7. The van der Waals surface area contributed by atoms with Gasteiger partial charge in [0, 0.05) is 24.8 Å². The molecule has 122 valence electrons. The number of hydrogen-bond donors (Lipinski definition) is 3. The Bertz CT molecular complexity index is 804. The van der Waals surface area contributed by atoms with Gasteiger partial charge in [-0.05, 0) is 23.3 Å². The number of nitrogens with one attached hydrogen (secondary N) is 3. The van der Waals surface area contributed by atoms with E-state index in [0.29, 0.717) is 24.1 Å². The molecule has 0 aliphatic heterocycles. The smallest absolute Gasteiger partial charge is 0.315 e. The van der Waals surface area contributed by atoms with E-state index >= 15 is 0 Å². The van der Waals surface area contributed by atoms with Crippen LogP contribution in [-0.4, -0.2) is 26.2 Å². The van der Waals surface area contributed by atoms with Gasteiger partial charge in [-0.1, -0.05) is 35.9 Å². The van der Waals surface area contributed by atoms with Gasteiger partial charge in [-0.3, -0.25) is 5.10 Å². The molecular weight excluding hydrogens is 328 g/mol. The van der Waals surface area contributed by atoms with Crippen LogP contribution in [0.4, 0.5) is 4.79 Å². The molecule has 2 amide bonds. The van der Waals surface area contributed by atoms with Crippen molar-refractivity contribution in [3.05, 3.63) is 65.2 Å². The molecule has 0 saturated heterocycles. The number of carbonyl (C=O) groups is 1. The number of urea groups is 1. The number of amides is 2. The Labute approximate surface area is 143 Å². The van der Waals surface area contributed by atoms with Crippen molar-refractivity contribution in [3.63, 3.8) is 0 Å². The summed E-state index contributed by atoms with van der Waals surface area (Å²) in [4.78, 5) is 19.9. The Morgan fingerprint density at radius 3 is 2.62 bits per heavy atom. The van der Waals surface area contributed by atoms with Crippen LogP contribution in [0.15, 0.2) is 48.9 Å². The molecule has 0 bridgehead atoms. The fraction of sp³-hybridized carbons (Fsp3) is 0.125. The lowest BCUT2D eigenvalue weighted by Crippen LogP contribution is -2.34. The van der Waals surface area contributed by atoms with Gasteiger partial charge in [0.2, 0.25) is 0 Å². The van der Waals surface area contributed by atoms with E-state index in [1.54, 1.807) is 12.3 Å². The van der Waals surface area contributed by atoms with Crippen LogP contribution < -0.4 is 10.6 Å². The summed E-state index contributed by atoms with van der Waals surface area (Å²) in [6.45, 7) is 0.792. The number of rotatable bonds is 5. The van der Waals surface area contributed by atoms with Crippen LogP contribution in [0.5, 0.6) is 0 Å². The number of carbonyl (C=O) groups excluding carboxylic acids is 1. The van der Waals surface area contributed by atoms with Gasteiger partial charge in [0.05, 0.1) is 0 Å². The normalized spacial score (nSPS) is 10.4. The Balaban J connectivity index is 1.51. The first kappa shape index (κ1) is 15.9. The summed E-state index contributed by atoms with van der Waals surface area (Å²) in [6.07, 6.45) is 3.09. The zero-order chi connectivity index (χ0) is 16.8. The summed E-state index contributed by atoms with van der Waals surface area (Å²) in [5, 5.41) is 12.6. The van der Waals surface area contributed by atoms with Gasteiger partial charge in [-0.2, -0.15) is 5.10 Å². The number of aromatic amines is 1. The lowest BCUT2D eigenvalue weighted by Gasteiger charge is -2.08. The van der Waals surface area contributed by atoms with Crippen molar-refractivity contribution < 1.29 is 4.79 Å². The molecule has 0 radical (unpaired) electrons. The van der Waals surface area contributed by atoms with Crippen molar-refractivity contribution in [3.8, 4) is 11.4 Å². The molecule has 2 aromatic heterocycles. The highest BCUT2D eigenvalue weighted by molar-refractivity contribution is 6.29. The molecular formula is C16H15ClN6O. The average molecular weight is 343 g/mol. The predicted octanol–water partition coefficient (Wildman–Crippen LogP) is 2.52. The van der Waals surface area contributed by atoms with Crippen molar-refractivity contribution in [1.82, 2.24) is 30.8 Å². The Hall–Kier alpha value is -2.93. The van der Waals surface area contributed by atoms with Gasteiger partial charge in [0.1, 0.15) is 11.5 Å². The number of aromatic nitrogens is 4. The third kappa shape index (κ3) is 4.30. The van der Waals surface area contributed by atoms with Crippen molar-refractivity contribution in [2.45, 2.75) is 13.1 Å². The highest BCUT2D eigenvalue weighted by Gasteiger charge is 2.04. The van der Waals surface area contributed by atoms with E-state index < -0.39 is 0 Å². The predicted molar refractivity (Wildman–Crippen MR) is 90.1 cm³/mol. The van der Waals surface area contributed by atoms with E-state index in [-0.39, 0.29) is 6.03 Å². The Kier molecular flexibility index (Phi) is 5.02. The summed E-state index contributed by atoms with van der Waals surface area (Å²) in [6, 6.07) is 11.0. The third-order valence-electron chi connectivity index (χ3n) is 3.31. The molecule has 0 aliphatic carbocycles. The number of hydrogen-bond acceptors (Lipinski definition) is 4. The van der Waals surface area contributed by atoms with E-state index in [4.69, 9.17) is 11.6 Å². The Morgan fingerprint density at radius 1 is 1.08 bits per heavy atom. The minimum absolute atomic E-state index is 0.255. The SMILES string of the molecule is O=C(NCc1ccc(Cl)nc1)NCc1cccc(-c2ncn[nH]2)c1. The van der Waals surface area contributed by atoms with Gasteiger partial charge < -0.3 is 10.6 Å². The first-order valence-electron chi connectivity index (χ1n) is 7.27. The molecule has 7 nitrogen and oxygen atoms in total. The maximum Gasteiger partial charge on any atom is 0.315 e. The largest absolute Gasteiger partial charge is 0.334 e. The van der Waals surface area contributed by atoms with Crippen LogP contribution in [0.3, 0.4) is 0 Å². The molecule has 3 rings (SSSR count). The van der Waals surface area contributed by atoms with Crippen LogP contribution in [0.1, 0.15) is 11.1 Å². The summed E-state index contributed by atoms with van der Waals surface area (Å²) < 4.78 is 0. The number of pyridine rings is 1. The molecule has 8 heteroatoms. The van der Waals surface area contributed by atoms with E-state index in [1.165, 1.54) is 6.33 Å². The number of halogens is 1. The molecule has 3 N–H and O–H groups in total. The summed E-state index contributed by atoms with van der Waals surface area (Å²) in [5.41, 5.74) is 2.76. The zero-order valence-corrected chi connectivity index (χ0v) is 13.4. The number of nitrogens with zero attached hydrogens (tertiary/aromatic N) is 3. The van der Waals surface area contributed by atoms with Gasteiger partial charge in [0.25, 0.3) is 0 Å². The van der Waals surface area contributed by atoms with Crippen molar-refractivity contribution in [2.24, 2.45) is 0 Å². The maximum atomic E-state index is 11.9. The van der Waals surface area contributed by atoms with Gasteiger partial charge >= 0.3 is 6.03 Å². The molecule has 0 saturated carbocycles. The molecule has 0 fully saturated rings. The molecule has 24 heavy (non-hydrogen) atoms. The van der Waals surface area contributed by atoms with Gasteiger partial charge in [-0.25, -0.2) is 14.8 Å². The highest BCUT2D eigenvalue weighted by Crippen LogP contribution is 2.15. The van der Waals surface area contributed by atoms with Gasteiger partial charge in [0.15, 0.2) is 5.82 Å². The number of H-pyrrole nitrogens is 1. The second-order valence-electron chi connectivity index (χ2n) is 5.06.